The van der Waals surface area contributed by atoms with Crippen LogP contribution in [0, 0.1) is 5.92 Å². The van der Waals surface area contributed by atoms with E-state index in [2.05, 4.69) is 20.2 Å². The van der Waals surface area contributed by atoms with Gasteiger partial charge in [0.1, 0.15) is 11.5 Å². The number of nitrogens with zero attached hydrogens (tertiary/aromatic N) is 4. The molecule has 114 valence electrons. The minimum Gasteiger partial charge on any atom is -0.369 e. The van der Waals surface area contributed by atoms with E-state index in [4.69, 9.17) is 0 Å². The van der Waals surface area contributed by atoms with Crippen molar-refractivity contribution in [1.29, 1.82) is 0 Å². The normalized spacial score (nSPS) is 19.6. The van der Waals surface area contributed by atoms with Crippen LogP contribution in [0.4, 0.5) is 5.82 Å². The van der Waals surface area contributed by atoms with Gasteiger partial charge in [0.2, 0.25) is 0 Å². The molecule has 0 radical (unpaired) electrons. The van der Waals surface area contributed by atoms with Crippen molar-refractivity contribution in [2.24, 2.45) is 5.92 Å². The Hall–Kier alpha value is -1.69. The molecule has 1 amide bonds. The number of aromatic nitrogens is 2. The summed E-state index contributed by atoms with van der Waals surface area (Å²) in [5, 5.41) is 3.09. The second-order valence-corrected chi connectivity index (χ2v) is 5.86. The van der Waals surface area contributed by atoms with Crippen molar-refractivity contribution in [2.45, 2.75) is 19.8 Å². The molecule has 6 heteroatoms. The third-order valence-electron chi connectivity index (χ3n) is 4.08. The number of piperazine rings is 1. The lowest BCUT2D eigenvalue weighted by Gasteiger charge is -2.34. The largest absolute Gasteiger partial charge is 0.369 e. The van der Waals surface area contributed by atoms with Crippen molar-refractivity contribution < 1.29 is 4.79 Å². The Labute approximate surface area is 125 Å². The molecule has 6 nitrogen and oxygen atoms in total. The maximum absolute atomic E-state index is 12.5. The molecule has 1 N–H and O–H groups in total. The number of hydrogen-bond acceptors (Lipinski definition) is 5. The van der Waals surface area contributed by atoms with Crippen molar-refractivity contribution in [1.82, 2.24) is 19.8 Å². The highest BCUT2D eigenvalue weighted by Gasteiger charge is 2.28. The molecule has 2 heterocycles. The molecule has 0 spiro atoms. The molecule has 3 rings (SSSR count). The number of anilines is 1. The predicted molar refractivity (Wildman–Crippen MR) is 81.3 cm³/mol. The Morgan fingerprint density at radius 1 is 1.29 bits per heavy atom. The molecule has 21 heavy (non-hydrogen) atoms. The minimum absolute atomic E-state index is 0.00618. The van der Waals surface area contributed by atoms with Crippen LogP contribution in [0.1, 0.15) is 30.3 Å². The van der Waals surface area contributed by atoms with E-state index in [0.29, 0.717) is 11.5 Å². The maximum Gasteiger partial charge on any atom is 0.274 e. The Balaban J connectivity index is 1.56. The summed E-state index contributed by atoms with van der Waals surface area (Å²) >= 11 is 0. The molecule has 1 saturated carbocycles. The number of carbonyl (C=O) groups is 1. The molecular weight excluding hydrogens is 266 g/mol. The van der Waals surface area contributed by atoms with E-state index in [0.717, 1.165) is 38.6 Å². The SMILES string of the molecule is CCNc1cncc(C(=O)N2CCN(CC3CC3)CC2)n1. The number of amides is 1. The zero-order chi connectivity index (χ0) is 14.7. The lowest BCUT2D eigenvalue weighted by atomic mass is 10.2. The third kappa shape index (κ3) is 3.69. The van der Waals surface area contributed by atoms with E-state index in [9.17, 15) is 4.79 Å². The number of rotatable bonds is 5. The van der Waals surface area contributed by atoms with E-state index in [1.54, 1.807) is 12.4 Å². The predicted octanol–water partition coefficient (Wildman–Crippen LogP) is 1.08. The molecular formula is C15H23N5O. The summed E-state index contributed by atoms with van der Waals surface area (Å²) in [6.07, 6.45) is 5.96. The van der Waals surface area contributed by atoms with Crippen LogP contribution < -0.4 is 5.32 Å². The van der Waals surface area contributed by atoms with Crippen LogP contribution in [-0.4, -0.2) is 64.9 Å². The third-order valence-corrected chi connectivity index (χ3v) is 4.08. The average molecular weight is 289 g/mol. The van der Waals surface area contributed by atoms with Crippen LogP contribution >= 0.6 is 0 Å². The first-order chi connectivity index (χ1) is 10.3. The summed E-state index contributed by atoms with van der Waals surface area (Å²) in [6.45, 7) is 7.50. The van der Waals surface area contributed by atoms with Gasteiger partial charge < -0.3 is 10.2 Å². The van der Waals surface area contributed by atoms with Gasteiger partial charge in [-0.1, -0.05) is 0 Å². The van der Waals surface area contributed by atoms with Gasteiger partial charge in [0.15, 0.2) is 0 Å². The summed E-state index contributed by atoms with van der Waals surface area (Å²) in [5.74, 6) is 1.57. The lowest BCUT2D eigenvalue weighted by molar-refractivity contribution is 0.0626. The molecule has 0 bridgehead atoms. The van der Waals surface area contributed by atoms with E-state index in [-0.39, 0.29) is 5.91 Å². The summed E-state index contributed by atoms with van der Waals surface area (Å²) in [5.41, 5.74) is 0.434. The molecule has 0 unspecified atom stereocenters. The van der Waals surface area contributed by atoms with E-state index >= 15 is 0 Å². The topological polar surface area (TPSA) is 61.4 Å². The zero-order valence-electron chi connectivity index (χ0n) is 12.6. The van der Waals surface area contributed by atoms with Gasteiger partial charge >= 0.3 is 0 Å². The Morgan fingerprint density at radius 2 is 2.05 bits per heavy atom. The zero-order valence-corrected chi connectivity index (χ0v) is 12.6. The average Bonchev–Trinajstić information content (AvgIpc) is 3.32. The molecule has 1 aromatic heterocycles. The summed E-state index contributed by atoms with van der Waals surface area (Å²) in [6, 6.07) is 0. The second-order valence-electron chi connectivity index (χ2n) is 5.86. The number of hydrogen-bond donors (Lipinski definition) is 1. The van der Waals surface area contributed by atoms with E-state index in [1.165, 1.54) is 19.4 Å². The van der Waals surface area contributed by atoms with Gasteiger partial charge in [-0.3, -0.25) is 14.7 Å². The molecule has 2 fully saturated rings. The fourth-order valence-corrected chi connectivity index (χ4v) is 2.70. The van der Waals surface area contributed by atoms with Crippen molar-refractivity contribution in [2.75, 3.05) is 44.6 Å². The van der Waals surface area contributed by atoms with Crippen molar-refractivity contribution >= 4 is 11.7 Å². The van der Waals surface area contributed by atoms with Crippen LogP contribution in [0.15, 0.2) is 12.4 Å². The Morgan fingerprint density at radius 3 is 2.71 bits per heavy atom. The molecule has 0 aromatic carbocycles. The molecule has 1 aliphatic heterocycles. The monoisotopic (exact) mass is 289 g/mol. The molecule has 0 atom stereocenters. The summed E-state index contributed by atoms with van der Waals surface area (Å²) in [4.78, 5) is 25.3. The lowest BCUT2D eigenvalue weighted by Crippen LogP contribution is -2.49. The summed E-state index contributed by atoms with van der Waals surface area (Å²) in [7, 11) is 0. The van der Waals surface area contributed by atoms with E-state index in [1.807, 2.05) is 11.8 Å². The van der Waals surface area contributed by atoms with Crippen molar-refractivity contribution in [3.8, 4) is 0 Å². The van der Waals surface area contributed by atoms with Crippen LogP contribution in [-0.2, 0) is 0 Å². The molecule has 1 aliphatic carbocycles. The maximum atomic E-state index is 12.5. The molecule has 1 aromatic rings. The van der Waals surface area contributed by atoms with Gasteiger partial charge in [-0.05, 0) is 25.7 Å². The van der Waals surface area contributed by atoms with Gasteiger partial charge in [0.25, 0.3) is 5.91 Å². The fourth-order valence-electron chi connectivity index (χ4n) is 2.70. The van der Waals surface area contributed by atoms with Crippen molar-refractivity contribution in [3.05, 3.63) is 18.1 Å². The van der Waals surface area contributed by atoms with Gasteiger partial charge in [-0.2, -0.15) is 0 Å². The first-order valence-corrected chi connectivity index (χ1v) is 7.84. The number of carbonyl (C=O) groups excluding carboxylic acids is 1. The first kappa shape index (κ1) is 14.3. The molecule has 1 saturated heterocycles. The standard InChI is InChI=1S/C15H23N5O/c1-2-17-14-10-16-9-13(18-14)15(21)20-7-5-19(6-8-20)11-12-3-4-12/h9-10,12H,2-8,11H2,1H3,(H,17,18). The number of nitrogens with one attached hydrogen (secondary N) is 1. The highest BCUT2D eigenvalue weighted by atomic mass is 16.2. The van der Waals surface area contributed by atoms with Crippen molar-refractivity contribution in [3.63, 3.8) is 0 Å². The van der Waals surface area contributed by atoms with Gasteiger partial charge in [0.05, 0.1) is 12.4 Å². The highest BCUT2D eigenvalue weighted by molar-refractivity contribution is 5.92. The summed E-state index contributed by atoms with van der Waals surface area (Å²) < 4.78 is 0. The smallest absolute Gasteiger partial charge is 0.274 e. The Kier molecular flexibility index (Phi) is 4.34. The quantitative estimate of drug-likeness (QED) is 0.879. The van der Waals surface area contributed by atoms with Crippen LogP contribution in [0.5, 0.6) is 0 Å². The molecule has 2 aliphatic rings. The fraction of sp³-hybridized carbons (Fsp3) is 0.667. The van der Waals surface area contributed by atoms with Gasteiger partial charge in [-0.15, -0.1) is 0 Å². The van der Waals surface area contributed by atoms with Gasteiger partial charge in [0, 0.05) is 39.3 Å². The van der Waals surface area contributed by atoms with Crippen LogP contribution in [0.3, 0.4) is 0 Å². The highest BCUT2D eigenvalue weighted by Crippen LogP contribution is 2.29. The minimum atomic E-state index is -0.00618. The van der Waals surface area contributed by atoms with Crippen LogP contribution in [0.2, 0.25) is 0 Å². The second kappa shape index (κ2) is 6.39. The first-order valence-electron chi connectivity index (χ1n) is 7.84. The Bertz CT molecular complexity index is 495. The van der Waals surface area contributed by atoms with E-state index < -0.39 is 0 Å². The van der Waals surface area contributed by atoms with Crippen LogP contribution in [0.25, 0.3) is 0 Å². The van der Waals surface area contributed by atoms with Gasteiger partial charge in [-0.25, -0.2) is 4.98 Å².